The zero-order valence-corrected chi connectivity index (χ0v) is 18.1. The molecule has 1 aliphatic carbocycles. The predicted molar refractivity (Wildman–Crippen MR) is 101 cm³/mol. The van der Waals surface area contributed by atoms with Crippen LogP contribution in [-0.2, 0) is 18.7 Å². The normalized spacial score (nSPS) is 34.6. The van der Waals surface area contributed by atoms with E-state index in [0.29, 0.717) is 32.7 Å². The molecule has 0 radical (unpaired) electrons. The van der Waals surface area contributed by atoms with Gasteiger partial charge in [0.05, 0.1) is 13.2 Å². The highest BCUT2D eigenvalue weighted by atomic mass is 28.4. The molecule has 0 aromatic carbocycles. The Hall–Kier alpha value is -0.473. The number of likely N-dealkylation sites (tertiary alicyclic amines) is 1. The molecule has 1 N–H and O–H groups in total. The number of carbonyl (C=O) groups excluding carboxylic acids is 1. The van der Waals surface area contributed by atoms with Gasteiger partial charge in [-0.25, -0.2) is 0 Å². The highest BCUT2D eigenvalue weighted by Crippen LogP contribution is 2.51. The third-order valence-electron chi connectivity index (χ3n) is 7.07. The summed E-state index contributed by atoms with van der Waals surface area (Å²) in [5.74, 6) is -0.750. The molecule has 7 heteroatoms. The highest BCUT2D eigenvalue weighted by Gasteiger charge is 2.58. The molecule has 0 aromatic rings. The van der Waals surface area contributed by atoms with Gasteiger partial charge in [0, 0.05) is 38.3 Å². The summed E-state index contributed by atoms with van der Waals surface area (Å²) >= 11 is 0. The smallest absolute Gasteiger partial charge is 0.228 e. The van der Waals surface area contributed by atoms with Crippen LogP contribution in [0.5, 0.6) is 0 Å². The van der Waals surface area contributed by atoms with E-state index in [9.17, 15) is 9.90 Å². The minimum Gasteiger partial charge on any atom is -0.417 e. The Morgan fingerprint density at radius 3 is 2.46 bits per heavy atom. The number of hydrogen-bond acceptors (Lipinski definition) is 5. The molecule has 0 unspecified atom stereocenters. The van der Waals surface area contributed by atoms with Gasteiger partial charge in [0.15, 0.2) is 14.1 Å². The zero-order valence-electron chi connectivity index (χ0n) is 17.1. The number of ether oxygens (including phenoxy) is 2. The third kappa shape index (κ3) is 3.49. The van der Waals surface area contributed by atoms with Gasteiger partial charge in [0.2, 0.25) is 5.91 Å². The van der Waals surface area contributed by atoms with Crippen LogP contribution in [0.4, 0.5) is 0 Å². The lowest BCUT2D eigenvalue weighted by atomic mass is 9.69. The molecule has 4 atom stereocenters. The zero-order chi connectivity index (χ0) is 19.3. The van der Waals surface area contributed by atoms with Crippen LogP contribution in [0.1, 0.15) is 40.0 Å². The number of aliphatic hydroxyl groups is 1. The van der Waals surface area contributed by atoms with E-state index in [-0.39, 0.29) is 28.7 Å². The fourth-order valence-electron chi connectivity index (χ4n) is 4.47. The van der Waals surface area contributed by atoms with Crippen LogP contribution in [0.2, 0.25) is 18.1 Å². The molecule has 2 aliphatic heterocycles. The number of hydrogen-bond donors (Lipinski definition) is 1. The maximum absolute atomic E-state index is 12.7. The molecule has 26 heavy (non-hydrogen) atoms. The Labute approximate surface area is 158 Å². The van der Waals surface area contributed by atoms with E-state index in [1.54, 1.807) is 7.05 Å². The SMILES string of the molecule is CN1C(=O)[C@H]2[C@@H](CCO[Si](C)(C)C(C)(C)C)CC3(C[C@H]2[C@H]1O)OCCO3. The average Bonchev–Trinajstić information content (AvgIpc) is 3.06. The molecule has 6 nitrogen and oxygen atoms in total. The summed E-state index contributed by atoms with van der Waals surface area (Å²) in [7, 11) is -0.122. The van der Waals surface area contributed by atoms with Crippen molar-refractivity contribution in [2.24, 2.45) is 17.8 Å². The first-order chi connectivity index (χ1) is 12.0. The number of rotatable bonds is 4. The summed E-state index contributed by atoms with van der Waals surface area (Å²) in [4.78, 5) is 14.2. The molecule has 1 saturated carbocycles. The first-order valence-corrected chi connectivity index (χ1v) is 12.7. The van der Waals surface area contributed by atoms with Gasteiger partial charge in [0.25, 0.3) is 0 Å². The Morgan fingerprint density at radius 1 is 1.27 bits per heavy atom. The molecule has 150 valence electrons. The quantitative estimate of drug-likeness (QED) is 0.754. The maximum Gasteiger partial charge on any atom is 0.228 e. The molecule has 2 heterocycles. The molecule has 0 bridgehead atoms. The topological polar surface area (TPSA) is 68.2 Å². The summed E-state index contributed by atoms with van der Waals surface area (Å²) in [5.41, 5.74) is 0. The minimum atomic E-state index is -1.81. The van der Waals surface area contributed by atoms with E-state index in [4.69, 9.17) is 13.9 Å². The van der Waals surface area contributed by atoms with Crippen molar-refractivity contribution in [3.05, 3.63) is 0 Å². The number of nitrogens with zero attached hydrogens (tertiary/aromatic N) is 1. The number of aliphatic hydroxyl groups excluding tert-OH is 1. The van der Waals surface area contributed by atoms with Gasteiger partial charge >= 0.3 is 0 Å². The molecule has 3 rings (SSSR count). The van der Waals surface area contributed by atoms with Gasteiger partial charge in [0.1, 0.15) is 6.23 Å². The molecular formula is C19H35NO5Si. The van der Waals surface area contributed by atoms with Gasteiger partial charge in [-0.05, 0) is 30.5 Å². The van der Waals surface area contributed by atoms with Crippen LogP contribution in [0, 0.1) is 17.8 Å². The highest BCUT2D eigenvalue weighted by molar-refractivity contribution is 6.74. The van der Waals surface area contributed by atoms with E-state index in [1.807, 2.05) is 0 Å². The fourth-order valence-corrected chi connectivity index (χ4v) is 5.53. The van der Waals surface area contributed by atoms with Gasteiger partial charge < -0.3 is 23.9 Å². The van der Waals surface area contributed by atoms with Crippen molar-refractivity contribution in [3.63, 3.8) is 0 Å². The largest absolute Gasteiger partial charge is 0.417 e. The van der Waals surface area contributed by atoms with Gasteiger partial charge in [-0.15, -0.1) is 0 Å². The van der Waals surface area contributed by atoms with Crippen molar-refractivity contribution in [1.82, 2.24) is 4.90 Å². The lowest BCUT2D eigenvalue weighted by molar-refractivity contribution is -0.213. The standard InChI is InChI=1S/C19H35NO5Si/c1-18(2,3)26(5,6)25-8-7-13-11-19(23-9-10-24-19)12-14-15(13)17(22)20(4)16(14)21/h13-16,21H,7-12H2,1-6H3/t13-,14+,15-,16+/m0/s1. The maximum atomic E-state index is 12.7. The molecule has 3 fully saturated rings. The van der Waals surface area contributed by atoms with E-state index >= 15 is 0 Å². The van der Waals surface area contributed by atoms with E-state index in [0.717, 1.165) is 6.42 Å². The second-order valence-electron chi connectivity index (χ2n) is 9.73. The Kier molecular flexibility index (Phi) is 5.34. The molecule has 1 spiro atoms. The second-order valence-corrected chi connectivity index (χ2v) is 14.5. The Morgan fingerprint density at radius 2 is 1.88 bits per heavy atom. The molecule has 3 aliphatic rings. The van der Waals surface area contributed by atoms with Crippen LogP contribution >= 0.6 is 0 Å². The molecule has 2 saturated heterocycles. The van der Waals surface area contributed by atoms with Crippen molar-refractivity contribution < 1.29 is 23.8 Å². The third-order valence-corrected chi connectivity index (χ3v) is 11.6. The first kappa shape index (κ1) is 20.3. The number of amides is 1. The van der Waals surface area contributed by atoms with Crippen LogP contribution in [0.25, 0.3) is 0 Å². The Balaban J connectivity index is 1.72. The summed E-state index contributed by atoms with van der Waals surface area (Å²) in [6, 6.07) is 0. The van der Waals surface area contributed by atoms with Crippen LogP contribution in [-0.4, -0.2) is 63.1 Å². The van der Waals surface area contributed by atoms with Gasteiger partial charge in [-0.2, -0.15) is 0 Å². The van der Waals surface area contributed by atoms with Crippen molar-refractivity contribution in [1.29, 1.82) is 0 Å². The van der Waals surface area contributed by atoms with Gasteiger partial charge in [-0.1, -0.05) is 20.8 Å². The summed E-state index contributed by atoms with van der Waals surface area (Å²) in [6.45, 7) is 13.0. The number of carbonyl (C=O) groups is 1. The van der Waals surface area contributed by atoms with Crippen molar-refractivity contribution in [3.8, 4) is 0 Å². The molecule has 0 aromatic heterocycles. The summed E-state index contributed by atoms with van der Waals surface area (Å²) in [5, 5.41) is 10.7. The average molecular weight is 386 g/mol. The van der Waals surface area contributed by atoms with E-state index in [1.165, 1.54) is 4.90 Å². The fraction of sp³-hybridized carbons (Fsp3) is 0.947. The lowest BCUT2D eigenvalue weighted by Gasteiger charge is -2.43. The lowest BCUT2D eigenvalue weighted by Crippen LogP contribution is -2.47. The van der Waals surface area contributed by atoms with Crippen molar-refractivity contribution in [2.45, 2.75) is 70.2 Å². The van der Waals surface area contributed by atoms with Crippen LogP contribution < -0.4 is 0 Å². The van der Waals surface area contributed by atoms with Crippen molar-refractivity contribution in [2.75, 3.05) is 26.9 Å². The Bertz CT molecular complexity index is 541. The van der Waals surface area contributed by atoms with Crippen LogP contribution in [0.15, 0.2) is 0 Å². The summed E-state index contributed by atoms with van der Waals surface area (Å²) < 4.78 is 18.2. The monoisotopic (exact) mass is 385 g/mol. The van der Waals surface area contributed by atoms with Gasteiger partial charge in [-0.3, -0.25) is 4.79 Å². The number of fused-ring (bicyclic) bond motifs is 1. The first-order valence-electron chi connectivity index (χ1n) is 9.84. The predicted octanol–water partition coefficient (Wildman–Crippen LogP) is 2.57. The van der Waals surface area contributed by atoms with Crippen LogP contribution in [0.3, 0.4) is 0 Å². The molecule has 1 amide bonds. The van der Waals surface area contributed by atoms with E-state index < -0.39 is 20.3 Å². The molecular weight excluding hydrogens is 350 g/mol. The second kappa shape index (κ2) is 6.85. The summed E-state index contributed by atoms with van der Waals surface area (Å²) in [6.07, 6.45) is 1.35. The van der Waals surface area contributed by atoms with Crippen molar-refractivity contribution >= 4 is 14.2 Å². The minimum absolute atomic E-state index is 0.0488. The van der Waals surface area contributed by atoms with E-state index in [2.05, 4.69) is 33.9 Å².